The Kier molecular flexibility index (Phi) is 2.30. The second-order valence-electron chi connectivity index (χ2n) is 2.63. The first-order chi connectivity index (χ1) is 6.22. The van der Waals surface area contributed by atoms with Gasteiger partial charge in [-0.15, -0.1) is 0 Å². The lowest BCUT2D eigenvalue weighted by Gasteiger charge is -1.95. The monoisotopic (exact) mass is 346 g/mol. The minimum absolute atomic E-state index is 0.671. The Morgan fingerprint density at radius 1 is 1.46 bits per heavy atom. The number of nitriles is 1. The van der Waals surface area contributed by atoms with Crippen molar-refractivity contribution in [1.29, 1.82) is 5.26 Å². The normalized spacial score (nSPS) is 10.2. The number of fused-ring (bicyclic) bond motifs is 1. The second-order valence-corrected chi connectivity index (χ2v) is 4.64. The minimum atomic E-state index is 0.671. The summed E-state index contributed by atoms with van der Waals surface area (Å²) >= 11 is 5.58. The van der Waals surface area contributed by atoms with Crippen molar-refractivity contribution in [1.82, 2.24) is 4.98 Å². The second kappa shape index (κ2) is 3.31. The van der Waals surface area contributed by atoms with Crippen molar-refractivity contribution in [2.45, 2.75) is 0 Å². The molecule has 64 valence electrons. The average Bonchev–Trinajstić information content (AvgIpc) is 2.46. The van der Waals surface area contributed by atoms with Crippen molar-refractivity contribution in [2.24, 2.45) is 0 Å². The quantitative estimate of drug-likeness (QED) is 0.729. The fourth-order valence-corrected chi connectivity index (χ4v) is 2.23. The van der Waals surface area contributed by atoms with E-state index < -0.39 is 0 Å². The van der Waals surface area contributed by atoms with Crippen molar-refractivity contribution in [3.8, 4) is 6.07 Å². The topological polar surface area (TPSA) is 39.6 Å². The van der Waals surface area contributed by atoms with Gasteiger partial charge in [-0.2, -0.15) is 5.26 Å². The number of hydrogen-bond donors (Lipinski definition) is 1. The lowest BCUT2D eigenvalue weighted by atomic mass is 10.2. The molecule has 0 amide bonds. The number of rotatable bonds is 0. The molecule has 1 aromatic heterocycles. The SMILES string of the molecule is N#Cc1cc2c(I)c[nH]c2cc1Br. The van der Waals surface area contributed by atoms with Gasteiger partial charge in [-0.3, -0.25) is 0 Å². The summed E-state index contributed by atoms with van der Waals surface area (Å²) in [5, 5.41) is 9.91. The Balaban J connectivity index is 2.86. The molecule has 0 saturated heterocycles. The number of halogens is 2. The van der Waals surface area contributed by atoms with Crippen molar-refractivity contribution < 1.29 is 0 Å². The van der Waals surface area contributed by atoms with E-state index in [1.165, 1.54) is 0 Å². The highest BCUT2D eigenvalue weighted by molar-refractivity contribution is 14.1. The molecule has 0 aliphatic heterocycles. The molecular weight excluding hydrogens is 343 g/mol. The van der Waals surface area contributed by atoms with Crippen molar-refractivity contribution in [3.63, 3.8) is 0 Å². The Bertz CT molecular complexity index is 510. The van der Waals surface area contributed by atoms with Crippen LogP contribution in [0, 0.1) is 14.9 Å². The highest BCUT2D eigenvalue weighted by atomic mass is 127. The number of aromatic amines is 1. The molecule has 0 fully saturated rings. The molecule has 1 heterocycles. The zero-order chi connectivity index (χ0) is 9.42. The van der Waals surface area contributed by atoms with E-state index in [-0.39, 0.29) is 0 Å². The fraction of sp³-hybridized carbons (Fsp3) is 0. The van der Waals surface area contributed by atoms with Gasteiger partial charge >= 0.3 is 0 Å². The number of nitrogens with one attached hydrogen (secondary N) is 1. The van der Waals surface area contributed by atoms with E-state index in [1.807, 2.05) is 18.3 Å². The average molecular weight is 347 g/mol. The molecule has 0 atom stereocenters. The van der Waals surface area contributed by atoms with Gasteiger partial charge in [0, 0.05) is 25.1 Å². The summed E-state index contributed by atoms with van der Waals surface area (Å²) in [4.78, 5) is 3.13. The molecule has 1 aromatic carbocycles. The van der Waals surface area contributed by atoms with Gasteiger partial charge in [0.2, 0.25) is 0 Å². The van der Waals surface area contributed by atoms with Crippen molar-refractivity contribution >= 4 is 49.4 Å². The van der Waals surface area contributed by atoms with Crippen LogP contribution >= 0.6 is 38.5 Å². The molecule has 0 aliphatic carbocycles. The Hall–Kier alpha value is -0.540. The van der Waals surface area contributed by atoms with E-state index in [1.54, 1.807) is 0 Å². The smallest absolute Gasteiger partial charge is 0.100 e. The van der Waals surface area contributed by atoms with E-state index in [9.17, 15) is 0 Å². The van der Waals surface area contributed by atoms with Gasteiger partial charge in [0.25, 0.3) is 0 Å². The van der Waals surface area contributed by atoms with Crippen LogP contribution in [0.4, 0.5) is 0 Å². The van der Waals surface area contributed by atoms with Crippen LogP contribution < -0.4 is 0 Å². The van der Waals surface area contributed by atoms with E-state index in [4.69, 9.17) is 5.26 Å². The molecule has 0 saturated carbocycles. The summed E-state index contributed by atoms with van der Waals surface area (Å²) in [5.74, 6) is 0. The van der Waals surface area contributed by atoms with E-state index in [0.29, 0.717) is 5.56 Å². The Morgan fingerprint density at radius 3 is 2.92 bits per heavy atom. The van der Waals surface area contributed by atoms with Gasteiger partial charge in [-0.25, -0.2) is 0 Å². The van der Waals surface area contributed by atoms with Crippen LogP contribution in [-0.4, -0.2) is 4.98 Å². The number of nitrogens with zero attached hydrogens (tertiary/aromatic N) is 1. The highest BCUT2D eigenvalue weighted by Crippen LogP contribution is 2.26. The molecule has 0 spiro atoms. The summed E-state index contributed by atoms with van der Waals surface area (Å²) in [6, 6.07) is 5.95. The van der Waals surface area contributed by atoms with Gasteiger partial charge in [0.1, 0.15) is 6.07 Å². The maximum Gasteiger partial charge on any atom is 0.100 e. The summed E-state index contributed by atoms with van der Waals surface area (Å²) in [6.07, 6.45) is 1.93. The van der Waals surface area contributed by atoms with E-state index >= 15 is 0 Å². The largest absolute Gasteiger partial charge is 0.360 e. The maximum absolute atomic E-state index is 8.81. The number of H-pyrrole nitrogens is 1. The highest BCUT2D eigenvalue weighted by Gasteiger charge is 2.05. The zero-order valence-electron chi connectivity index (χ0n) is 6.44. The van der Waals surface area contributed by atoms with Gasteiger partial charge in [0.05, 0.1) is 5.56 Å². The van der Waals surface area contributed by atoms with Gasteiger partial charge in [-0.1, -0.05) is 0 Å². The first-order valence-corrected chi connectivity index (χ1v) is 5.46. The van der Waals surface area contributed by atoms with Gasteiger partial charge < -0.3 is 4.98 Å². The molecule has 1 N–H and O–H groups in total. The molecule has 0 radical (unpaired) electrons. The Labute approximate surface area is 97.2 Å². The van der Waals surface area contributed by atoms with Crippen LogP contribution in [0.15, 0.2) is 22.8 Å². The Morgan fingerprint density at radius 2 is 2.23 bits per heavy atom. The molecular formula is C9H4BrIN2. The van der Waals surface area contributed by atoms with Crippen LogP contribution in [0.5, 0.6) is 0 Å². The number of benzene rings is 1. The van der Waals surface area contributed by atoms with Crippen LogP contribution in [0.25, 0.3) is 10.9 Å². The molecule has 0 unspecified atom stereocenters. The maximum atomic E-state index is 8.81. The third-order valence-corrected chi connectivity index (χ3v) is 3.39. The first-order valence-electron chi connectivity index (χ1n) is 3.58. The molecule has 4 heteroatoms. The molecule has 2 rings (SSSR count). The molecule has 0 aliphatic rings. The molecule has 13 heavy (non-hydrogen) atoms. The fourth-order valence-electron chi connectivity index (χ4n) is 1.19. The lowest BCUT2D eigenvalue weighted by molar-refractivity contribution is 1.45. The molecule has 2 aromatic rings. The van der Waals surface area contributed by atoms with Gasteiger partial charge in [-0.05, 0) is 50.7 Å². The third-order valence-electron chi connectivity index (χ3n) is 1.84. The van der Waals surface area contributed by atoms with Crippen LogP contribution in [0.3, 0.4) is 0 Å². The number of hydrogen-bond acceptors (Lipinski definition) is 1. The standard InChI is InChI=1S/C9H4BrIN2/c10-7-2-9-6(1-5(7)3-12)8(11)4-13-9/h1-2,4,13H. The summed E-state index contributed by atoms with van der Waals surface area (Å²) in [6.45, 7) is 0. The van der Waals surface area contributed by atoms with E-state index in [2.05, 4.69) is 49.6 Å². The van der Waals surface area contributed by atoms with Crippen molar-refractivity contribution in [3.05, 3.63) is 31.9 Å². The third kappa shape index (κ3) is 1.46. The zero-order valence-corrected chi connectivity index (χ0v) is 10.2. The van der Waals surface area contributed by atoms with Gasteiger partial charge in [0.15, 0.2) is 0 Å². The van der Waals surface area contributed by atoms with Crippen molar-refractivity contribution in [2.75, 3.05) is 0 Å². The van der Waals surface area contributed by atoms with Crippen LogP contribution in [0.2, 0.25) is 0 Å². The molecule has 2 nitrogen and oxygen atoms in total. The van der Waals surface area contributed by atoms with Crippen LogP contribution in [0.1, 0.15) is 5.56 Å². The van der Waals surface area contributed by atoms with E-state index in [0.717, 1.165) is 18.9 Å². The predicted molar refractivity (Wildman–Crippen MR) is 63.4 cm³/mol. The summed E-state index contributed by atoms with van der Waals surface area (Å²) < 4.78 is 1.97. The number of aromatic nitrogens is 1. The first kappa shape index (κ1) is 9.03. The molecule has 0 bridgehead atoms. The minimum Gasteiger partial charge on any atom is -0.360 e. The summed E-state index contributed by atoms with van der Waals surface area (Å²) in [7, 11) is 0. The van der Waals surface area contributed by atoms with Crippen LogP contribution in [-0.2, 0) is 0 Å². The summed E-state index contributed by atoms with van der Waals surface area (Å²) in [5.41, 5.74) is 1.72. The predicted octanol–water partition coefficient (Wildman–Crippen LogP) is 3.41. The lowest BCUT2D eigenvalue weighted by Crippen LogP contribution is -1.78.